The van der Waals surface area contributed by atoms with Gasteiger partial charge in [-0.05, 0) is 37.5 Å². The van der Waals surface area contributed by atoms with Gasteiger partial charge >= 0.3 is 5.97 Å². The van der Waals surface area contributed by atoms with E-state index in [4.69, 9.17) is 5.11 Å². The molecule has 7 nitrogen and oxygen atoms in total. The van der Waals surface area contributed by atoms with Gasteiger partial charge in [-0.1, -0.05) is 19.9 Å². The van der Waals surface area contributed by atoms with E-state index in [1.165, 1.54) is 16.8 Å². The maximum Gasteiger partial charge on any atom is 0.306 e. The lowest BCUT2D eigenvalue weighted by atomic mass is 10.1. The van der Waals surface area contributed by atoms with Crippen molar-refractivity contribution in [1.82, 2.24) is 20.1 Å². The van der Waals surface area contributed by atoms with Crippen molar-refractivity contribution in [3.63, 3.8) is 0 Å². The van der Waals surface area contributed by atoms with E-state index in [9.17, 15) is 14.0 Å². The van der Waals surface area contributed by atoms with E-state index in [0.29, 0.717) is 30.8 Å². The van der Waals surface area contributed by atoms with Crippen LogP contribution in [-0.2, 0) is 4.79 Å². The molecule has 0 saturated heterocycles. The van der Waals surface area contributed by atoms with Crippen molar-refractivity contribution in [3.8, 4) is 5.69 Å². The second kappa shape index (κ2) is 7.23. The summed E-state index contributed by atoms with van der Waals surface area (Å²) in [6.45, 7) is 3.83. The SMILES string of the molecule is CC(C)c1nc(C(=O)N[C@@H]2CC[C@H](C(=O)O)C2)nn1-c1cccc(F)c1. The van der Waals surface area contributed by atoms with Crippen LogP contribution in [0.1, 0.15) is 55.5 Å². The number of amides is 1. The molecule has 2 atom stereocenters. The number of hydrogen-bond donors (Lipinski definition) is 2. The highest BCUT2D eigenvalue weighted by atomic mass is 19.1. The third-order valence-electron chi connectivity index (χ3n) is 4.52. The van der Waals surface area contributed by atoms with Crippen molar-refractivity contribution >= 4 is 11.9 Å². The molecule has 1 amide bonds. The van der Waals surface area contributed by atoms with Crippen molar-refractivity contribution < 1.29 is 19.1 Å². The topological polar surface area (TPSA) is 97.1 Å². The summed E-state index contributed by atoms with van der Waals surface area (Å²) in [7, 11) is 0. The molecule has 138 valence electrons. The lowest BCUT2D eigenvalue weighted by Gasteiger charge is -2.10. The number of benzene rings is 1. The second-order valence-electron chi connectivity index (χ2n) is 6.86. The standard InChI is InChI=1S/C18H21FN4O3/c1-10(2)16-21-15(22-23(16)14-5-3-4-12(19)9-14)17(24)20-13-7-6-11(8-13)18(25)26/h3-5,9-11,13H,6-8H2,1-2H3,(H,20,24)(H,25,26)/t11-,13+/m0/s1. The number of carboxylic acids is 1. The zero-order valence-corrected chi connectivity index (χ0v) is 14.6. The predicted molar refractivity (Wildman–Crippen MR) is 91.6 cm³/mol. The first-order valence-corrected chi connectivity index (χ1v) is 8.61. The van der Waals surface area contributed by atoms with Crippen molar-refractivity contribution in [2.75, 3.05) is 0 Å². The molecule has 2 N–H and O–H groups in total. The minimum atomic E-state index is -0.836. The van der Waals surface area contributed by atoms with Crippen LogP contribution in [0.25, 0.3) is 5.69 Å². The number of nitrogens with one attached hydrogen (secondary N) is 1. The normalized spacial score (nSPS) is 19.7. The lowest BCUT2D eigenvalue weighted by molar-refractivity contribution is -0.141. The summed E-state index contributed by atoms with van der Waals surface area (Å²) in [5.74, 6) is -1.58. The smallest absolute Gasteiger partial charge is 0.306 e. The van der Waals surface area contributed by atoms with E-state index in [-0.39, 0.29) is 17.8 Å². The molecule has 0 spiro atoms. The summed E-state index contributed by atoms with van der Waals surface area (Å²) in [6, 6.07) is 5.73. The third kappa shape index (κ3) is 3.74. The molecule has 1 aromatic heterocycles. The summed E-state index contributed by atoms with van der Waals surface area (Å²) in [5.41, 5.74) is 0.493. The zero-order chi connectivity index (χ0) is 18.8. The fraction of sp³-hybridized carbons (Fsp3) is 0.444. The number of aromatic nitrogens is 3. The van der Waals surface area contributed by atoms with Gasteiger partial charge in [0.05, 0.1) is 11.6 Å². The fourth-order valence-corrected chi connectivity index (χ4v) is 3.18. The Morgan fingerprint density at radius 1 is 1.35 bits per heavy atom. The van der Waals surface area contributed by atoms with Gasteiger partial charge in [0.2, 0.25) is 5.82 Å². The van der Waals surface area contributed by atoms with Gasteiger partial charge < -0.3 is 10.4 Å². The average Bonchev–Trinajstić information content (AvgIpc) is 3.21. The van der Waals surface area contributed by atoms with Crippen LogP contribution in [0.3, 0.4) is 0 Å². The predicted octanol–water partition coefficient (Wildman–Crippen LogP) is 2.51. The van der Waals surface area contributed by atoms with Gasteiger partial charge in [0, 0.05) is 12.0 Å². The molecule has 3 rings (SSSR count). The van der Waals surface area contributed by atoms with Crippen LogP contribution in [-0.4, -0.2) is 37.8 Å². The molecular formula is C18H21FN4O3. The van der Waals surface area contributed by atoms with E-state index in [0.717, 1.165) is 0 Å². The molecule has 8 heteroatoms. The van der Waals surface area contributed by atoms with Gasteiger partial charge in [-0.25, -0.2) is 14.1 Å². The van der Waals surface area contributed by atoms with Crippen LogP contribution in [0.5, 0.6) is 0 Å². The Hall–Kier alpha value is -2.77. The Morgan fingerprint density at radius 3 is 2.73 bits per heavy atom. The average molecular weight is 360 g/mol. The van der Waals surface area contributed by atoms with Crippen molar-refractivity contribution in [2.45, 2.75) is 45.1 Å². The Labute approximate surface area is 150 Å². The molecule has 1 aromatic carbocycles. The van der Waals surface area contributed by atoms with Crippen LogP contribution in [0.2, 0.25) is 0 Å². The van der Waals surface area contributed by atoms with Gasteiger partial charge in [-0.3, -0.25) is 9.59 Å². The van der Waals surface area contributed by atoms with E-state index in [1.54, 1.807) is 12.1 Å². The third-order valence-corrected chi connectivity index (χ3v) is 4.52. The monoisotopic (exact) mass is 360 g/mol. The molecule has 0 bridgehead atoms. The lowest BCUT2D eigenvalue weighted by Crippen LogP contribution is -2.34. The zero-order valence-electron chi connectivity index (χ0n) is 14.6. The molecule has 2 aromatic rings. The highest BCUT2D eigenvalue weighted by Gasteiger charge is 2.31. The second-order valence-corrected chi connectivity index (χ2v) is 6.86. The largest absolute Gasteiger partial charge is 0.481 e. The number of carbonyl (C=O) groups excluding carboxylic acids is 1. The minimum Gasteiger partial charge on any atom is -0.481 e. The van der Waals surface area contributed by atoms with Crippen LogP contribution in [0.4, 0.5) is 4.39 Å². The summed E-state index contributed by atoms with van der Waals surface area (Å²) in [6.07, 6.45) is 1.57. The highest BCUT2D eigenvalue weighted by molar-refractivity contribution is 5.90. The van der Waals surface area contributed by atoms with Crippen molar-refractivity contribution in [3.05, 3.63) is 41.7 Å². The number of carboxylic acid groups (broad SMARTS) is 1. The first-order valence-electron chi connectivity index (χ1n) is 8.61. The van der Waals surface area contributed by atoms with Gasteiger partial charge in [0.25, 0.3) is 5.91 Å². The van der Waals surface area contributed by atoms with Crippen molar-refractivity contribution in [1.29, 1.82) is 0 Å². The van der Waals surface area contributed by atoms with Gasteiger partial charge in [0.15, 0.2) is 0 Å². The number of hydrogen-bond acceptors (Lipinski definition) is 4. The first kappa shape index (κ1) is 18.0. The van der Waals surface area contributed by atoms with E-state index in [2.05, 4.69) is 15.4 Å². The Balaban J connectivity index is 1.81. The molecule has 1 heterocycles. The Bertz CT molecular complexity index is 834. The quantitative estimate of drug-likeness (QED) is 0.854. The molecule has 0 aliphatic heterocycles. The molecule has 0 unspecified atom stereocenters. The summed E-state index contributed by atoms with van der Waals surface area (Å²) in [5, 5.41) is 16.1. The molecule has 0 radical (unpaired) electrons. The van der Waals surface area contributed by atoms with E-state index in [1.807, 2.05) is 13.8 Å². The van der Waals surface area contributed by atoms with Gasteiger partial charge in [0.1, 0.15) is 11.6 Å². The highest BCUT2D eigenvalue weighted by Crippen LogP contribution is 2.26. The maximum absolute atomic E-state index is 13.5. The first-order chi connectivity index (χ1) is 12.3. The molecule has 1 aliphatic carbocycles. The molecule has 1 saturated carbocycles. The Kier molecular flexibility index (Phi) is 5.01. The molecule has 26 heavy (non-hydrogen) atoms. The van der Waals surface area contributed by atoms with Crippen molar-refractivity contribution in [2.24, 2.45) is 5.92 Å². The fourth-order valence-electron chi connectivity index (χ4n) is 3.18. The van der Waals surface area contributed by atoms with Crippen LogP contribution < -0.4 is 5.32 Å². The maximum atomic E-state index is 13.5. The summed E-state index contributed by atoms with van der Waals surface area (Å²) < 4.78 is 15.0. The van der Waals surface area contributed by atoms with E-state index >= 15 is 0 Å². The molecule has 1 fully saturated rings. The summed E-state index contributed by atoms with van der Waals surface area (Å²) >= 11 is 0. The summed E-state index contributed by atoms with van der Waals surface area (Å²) in [4.78, 5) is 27.8. The number of halogens is 1. The van der Waals surface area contributed by atoms with Crippen LogP contribution in [0.15, 0.2) is 24.3 Å². The minimum absolute atomic E-state index is 0.00302. The van der Waals surface area contributed by atoms with Gasteiger partial charge in [-0.2, -0.15) is 0 Å². The number of nitrogens with zero attached hydrogens (tertiary/aromatic N) is 3. The van der Waals surface area contributed by atoms with Gasteiger partial charge in [-0.15, -0.1) is 5.10 Å². The van der Waals surface area contributed by atoms with E-state index < -0.39 is 23.6 Å². The Morgan fingerprint density at radius 2 is 2.12 bits per heavy atom. The number of carbonyl (C=O) groups is 2. The van der Waals surface area contributed by atoms with Crippen LogP contribution >= 0.6 is 0 Å². The molecule has 1 aliphatic rings. The number of aliphatic carboxylic acids is 1. The molecular weight excluding hydrogens is 339 g/mol. The van der Waals surface area contributed by atoms with Crippen LogP contribution in [0, 0.1) is 11.7 Å². The number of rotatable bonds is 5.